The molecule has 2 heteroatoms. The summed E-state index contributed by atoms with van der Waals surface area (Å²) in [6, 6.07) is 0.581. The molecule has 0 aromatic carbocycles. The zero-order valence-electron chi connectivity index (χ0n) is 15.0. The Kier molecular flexibility index (Phi) is 3.55. The molecule has 0 radical (unpaired) electrons. The molecule has 0 amide bonds. The van der Waals surface area contributed by atoms with Crippen LogP contribution in [0.5, 0.6) is 0 Å². The van der Waals surface area contributed by atoms with Crippen molar-refractivity contribution in [3.05, 3.63) is 34.6 Å². The Balaban J connectivity index is 1.79. The Morgan fingerprint density at radius 1 is 1.43 bits per heavy atom. The fourth-order valence-electron chi connectivity index (χ4n) is 5.25. The summed E-state index contributed by atoms with van der Waals surface area (Å²) >= 11 is 0. The molecule has 124 valence electrons. The molecule has 5 atom stereocenters. The van der Waals surface area contributed by atoms with Crippen LogP contribution in [0.15, 0.2) is 39.6 Å². The van der Waals surface area contributed by atoms with Crippen molar-refractivity contribution in [3.63, 3.8) is 0 Å². The van der Waals surface area contributed by atoms with Gasteiger partial charge in [-0.05, 0) is 63.0 Å². The van der Waals surface area contributed by atoms with Gasteiger partial charge in [-0.3, -0.25) is 4.99 Å². The van der Waals surface area contributed by atoms with Crippen LogP contribution in [-0.4, -0.2) is 18.8 Å². The van der Waals surface area contributed by atoms with E-state index in [0.29, 0.717) is 12.0 Å². The van der Waals surface area contributed by atoms with Gasteiger partial charge < -0.3 is 5.32 Å². The van der Waals surface area contributed by atoms with Crippen LogP contribution in [0, 0.1) is 23.2 Å². The molecule has 2 nitrogen and oxygen atoms in total. The van der Waals surface area contributed by atoms with E-state index in [0.717, 1.165) is 24.8 Å². The average molecular weight is 310 g/mol. The first-order valence-corrected chi connectivity index (χ1v) is 9.31. The summed E-state index contributed by atoms with van der Waals surface area (Å²) in [7, 11) is 0. The molecule has 1 saturated heterocycles. The molecule has 4 aliphatic rings. The van der Waals surface area contributed by atoms with Gasteiger partial charge in [0.05, 0.1) is 0 Å². The molecule has 0 spiro atoms. The van der Waals surface area contributed by atoms with E-state index in [1.807, 2.05) is 0 Å². The lowest BCUT2D eigenvalue weighted by Crippen LogP contribution is -2.44. The zero-order chi connectivity index (χ0) is 16.2. The molecule has 0 aromatic rings. The highest BCUT2D eigenvalue weighted by atomic mass is 15.0. The Labute approximate surface area is 140 Å². The van der Waals surface area contributed by atoms with Crippen LogP contribution < -0.4 is 5.32 Å². The molecular weight excluding hydrogens is 280 g/mol. The molecule has 1 N–H and O–H groups in total. The van der Waals surface area contributed by atoms with Crippen molar-refractivity contribution in [3.8, 4) is 0 Å². The number of allylic oxidation sites excluding steroid dienone is 5. The number of hydrogen-bond acceptors (Lipinski definition) is 2. The van der Waals surface area contributed by atoms with E-state index in [1.165, 1.54) is 30.5 Å². The van der Waals surface area contributed by atoms with E-state index in [2.05, 4.69) is 51.4 Å². The van der Waals surface area contributed by atoms with Crippen LogP contribution in [0.2, 0.25) is 0 Å². The first-order chi connectivity index (χ1) is 11.0. The third-order valence-electron chi connectivity index (χ3n) is 6.83. The Bertz CT molecular complexity index is 632. The molecule has 23 heavy (non-hydrogen) atoms. The number of nitrogens with one attached hydrogen (secondary N) is 1. The second-order valence-electron chi connectivity index (χ2n) is 8.65. The standard InChI is InChI=1S/C21H30N2/c1-13(2)5-6-17-18-9-16-11-21(4)12-22-8-7-15(16)10-19(18)23-20(17)14(21)3/h5,10,12,14,17-18,20,23H,6-9,11H2,1-4H3/b22-12-. The molecule has 4 rings (SSSR count). The van der Waals surface area contributed by atoms with Gasteiger partial charge in [-0.25, -0.2) is 0 Å². The van der Waals surface area contributed by atoms with Crippen molar-refractivity contribution in [1.82, 2.24) is 5.32 Å². The van der Waals surface area contributed by atoms with Gasteiger partial charge in [-0.1, -0.05) is 31.1 Å². The fraction of sp³-hybridized carbons (Fsp3) is 0.667. The van der Waals surface area contributed by atoms with Crippen molar-refractivity contribution in [2.24, 2.45) is 28.2 Å². The third kappa shape index (κ3) is 2.42. The summed E-state index contributed by atoms with van der Waals surface area (Å²) in [5.74, 6) is 2.07. The molecule has 1 saturated carbocycles. The molecule has 5 unspecified atom stereocenters. The van der Waals surface area contributed by atoms with Gasteiger partial charge in [0.1, 0.15) is 0 Å². The molecule has 0 aromatic heterocycles. The lowest BCUT2D eigenvalue weighted by Gasteiger charge is -2.43. The predicted octanol–water partition coefficient (Wildman–Crippen LogP) is 4.65. The van der Waals surface area contributed by atoms with E-state index < -0.39 is 0 Å². The van der Waals surface area contributed by atoms with Gasteiger partial charge in [0.15, 0.2) is 0 Å². The van der Waals surface area contributed by atoms with Crippen molar-refractivity contribution in [2.45, 2.75) is 59.4 Å². The maximum Gasteiger partial charge on any atom is 0.0426 e. The topological polar surface area (TPSA) is 24.4 Å². The fourth-order valence-corrected chi connectivity index (χ4v) is 5.25. The van der Waals surface area contributed by atoms with E-state index in [4.69, 9.17) is 4.99 Å². The number of hydrogen-bond donors (Lipinski definition) is 1. The summed E-state index contributed by atoms with van der Waals surface area (Å²) in [5, 5.41) is 3.96. The first-order valence-electron chi connectivity index (χ1n) is 9.31. The Hall–Kier alpha value is -1.31. The van der Waals surface area contributed by atoms with Crippen molar-refractivity contribution < 1.29 is 0 Å². The molecule has 2 aliphatic carbocycles. The van der Waals surface area contributed by atoms with Gasteiger partial charge in [0.2, 0.25) is 0 Å². The van der Waals surface area contributed by atoms with E-state index >= 15 is 0 Å². The van der Waals surface area contributed by atoms with Crippen molar-refractivity contribution in [2.75, 3.05) is 6.54 Å². The number of aliphatic imine (C=N–C) groups is 1. The first kappa shape index (κ1) is 15.2. The minimum atomic E-state index is 0.195. The summed E-state index contributed by atoms with van der Waals surface area (Å²) < 4.78 is 0. The van der Waals surface area contributed by atoms with E-state index in [9.17, 15) is 0 Å². The van der Waals surface area contributed by atoms with Crippen LogP contribution in [0.3, 0.4) is 0 Å². The molecule has 4 bridgehead atoms. The van der Waals surface area contributed by atoms with Crippen LogP contribution in [0.25, 0.3) is 0 Å². The van der Waals surface area contributed by atoms with Gasteiger partial charge in [0, 0.05) is 35.8 Å². The average Bonchev–Trinajstić information content (AvgIpc) is 2.85. The smallest absolute Gasteiger partial charge is 0.0426 e. The van der Waals surface area contributed by atoms with E-state index in [-0.39, 0.29) is 5.41 Å². The van der Waals surface area contributed by atoms with Gasteiger partial charge in [0.25, 0.3) is 0 Å². The molecular formula is C21H30N2. The van der Waals surface area contributed by atoms with Gasteiger partial charge in [-0.2, -0.15) is 0 Å². The van der Waals surface area contributed by atoms with Gasteiger partial charge >= 0.3 is 0 Å². The van der Waals surface area contributed by atoms with Crippen molar-refractivity contribution >= 4 is 6.21 Å². The summed E-state index contributed by atoms with van der Waals surface area (Å²) in [6.45, 7) is 10.3. The van der Waals surface area contributed by atoms with Crippen LogP contribution in [0.1, 0.15) is 53.4 Å². The highest BCUT2D eigenvalue weighted by Crippen LogP contribution is 2.53. The maximum atomic E-state index is 4.79. The lowest BCUT2D eigenvalue weighted by molar-refractivity contribution is 0.181. The molecule has 2 aliphatic heterocycles. The highest BCUT2D eigenvalue weighted by molar-refractivity contribution is 5.68. The SMILES string of the molecule is CC(C)=CCC1C2CC3=C4C=C2NC1C(C)C(C)(/C=N\CC4)C3. The van der Waals surface area contributed by atoms with E-state index in [1.54, 1.807) is 11.1 Å². The quantitative estimate of drug-likeness (QED) is 0.738. The summed E-state index contributed by atoms with van der Waals surface area (Å²) in [6.07, 6.45) is 12.1. The Morgan fingerprint density at radius 3 is 3.04 bits per heavy atom. The predicted molar refractivity (Wildman–Crippen MR) is 97.5 cm³/mol. The van der Waals surface area contributed by atoms with Crippen molar-refractivity contribution in [1.29, 1.82) is 0 Å². The molecule has 2 fully saturated rings. The van der Waals surface area contributed by atoms with Gasteiger partial charge in [-0.15, -0.1) is 0 Å². The highest BCUT2D eigenvalue weighted by Gasteiger charge is 2.50. The lowest BCUT2D eigenvalue weighted by atomic mass is 9.62. The minimum absolute atomic E-state index is 0.195. The largest absolute Gasteiger partial charge is 0.385 e. The summed E-state index contributed by atoms with van der Waals surface area (Å²) in [5.41, 5.74) is 6.48. The number of rotatable bonds is 2. The minimum Gasteiger partial charge on any atom is -0.385 e. The normalized spacial score (nSPS) is 42.3. The zero-order valence-corrected chi connectivity index (χ0v) is 15.0. The van der Waals surface area contributed by atoms with Crippen LogP contribution in [-0.2, 0) is 0 Å². The number of nitrogens with zero attached hydrogens (tertiary/aromatic N) is 1. The number of fused-ring (bicyclic) bond motifs is 2. The summed E-state index contributed by atoms with van der Waals surface area (Å²) in [4.78, 5) is 4.79. The molecule has 2 heterocycles. The third-order valence-corrected chi connectivity index (χ3v) is 6.83. The second kappa shape index (κ2) is 5.36. The Morgan fingerprint density at radius 2 is 2.26 bits per heavy atom. The second-order valence-corrected chi connectivity index (χ2v) is 8.65. The van der Waals surface area contributed by atoms with Crippen LogP contribution in [0.4, 0.5) is 0 Å². The monoisotopic (exact) mass is 310 g/mol. The maximum absolute atomic E-state index is 4.79. The van der Waals surface area contributed by atoms with Crippen LogP contribution >= 0.6 is 0 Å².